The van der Waals surface area contributed by atoms with Crippen LogP contribution in [0.3, 0.4) is 0 Å². The van der Waals surface area contributed by atoms with Crippen LogP contribution in [0.1, 0.15) is 18.4 Å². The highest BCUT2D eigenvalue weighted by molar-refractivity contribution is 7.98. The summed E-state index contributed by atoms with van der Waals surface area (Å²) in [6, 6.07) is 1.98. The molecule has 0 bridgehead atoms. The predicted molar refractivity (Wildman–Crippen MR) is 67.5 cm³/mol. The number of rotatable bonds is 5. The van der Waals surface area contributed by atoms with E-state index in [4.69, 9.17) is 0 Å². The van der Waals surface area contributed by atoms with Crippen molar-refractivity contribution in [3.63, 3.8) is 0 Å². The van der Waals surface area contributed by atoms with E-state index in [-0.39, 0.29) is 0 Å². The number of thioether (sulfide) groups is 1. The highest BCUT2D eigenvalue weighted by Crippen LogP contribution is 2.09. The monoisotopic (exact) mass is 225 g/mol. The Balaban J connectivity index is 2.50. The van der Waals surface area contributed by atoms with Crippen molar-refractivity contribution in [2.24, 2.45) is 5.92 Å². The van der Waals surface area contributed by atoms with E-state index < -0.39 is 0 Å². The number of aromatic nitrogens is 2. The smallest absolute Gasteiger partial charge is 0.129 e. The molecule has 0 spiro atoms. The Morgan fingerprint density at radius 1 is 1.40 bits per heavy atom. The Kier molecular flexibility index (Phi) is 4.88. The van der Waals surface area contributed by atoms with Crippen LogP contribution in [-0.4, -0.2) is 28.5 Å². The van der Waals surface area contributed by atoms with Crippen molar-refractivity contribution >= 4 is 17.6 Å². The second-order valence-corrected chi connectivity index (χ2v) is 4.79. The third-order valence-corrected chi connectivity index (χ3v) is 2.95. The van der Waals surface area contributed by atoms with E-state index in [0.717, 1.165) is 23.9 Å². The zero-order valence-corrected chi connectivity index (χ0v) is 10.7. The highest BCUT2D eigenvalue weighted by atomic mass is 32.2. The molecule has 15 heavy (non-hydrogen) atoms. The van der Waals surface area contributed by atoms with Gasteiger partial charge in [0.15, 0.2) is 0 Å². The molecule has 0 fully saturated rings. The quantitative estimate of drug-likeness (QED) is 0.835. The summed E-state index contributed by atoms with van der Waals surface area (Å²) in [6.07, 6.45) is 2.13. The number of hydrogen-bond donors (Lipinski definition) is 1. The molecule has 1 N–H and O–H groups in total. The molecule has 1 unspecified atom stereocenters. The standard InChI is InChI=1S/C11H19N3S/c1-8(7-15-4)6-12-11-5-9(2)13-10(3)14-11/h5,8H,6-7H2,1-4H3,(H,12,13,14). The molecule has 1 rings (SSSR count). The molecule has 0 aromatic carbocycles. The molecule has 1 atom stereocenters. The molecule has 1 aromatic heterocycles. The summed E-state index contributed by atoms with van der Waals surface area (Å²) in [6.45, 7) is 7.12. The summed E-state index contributed by atoms with van der Waals surface area (Å²) < 4.78 is 0. The third-order valence-electron chi connectivity index (χ3n) is 2.05. The molecule has 0 saturated carbocycles. The van der Waals surface area contributed by atoms with E-state index in [2.05, 4.69) is 28.5 Å². The lowest BCUT2D eigenvalue weighted by atomic mass is 10.2. The summed E-state index contributed by atoms with van der Waals surface area (Å²) in [5.74, 6) is 3.61. The molecule has 0 aliphatic heterocycles. The van der Waals surface area contributed by atoms with Crippen LogP contribution in [0.25, 0.3) is 0 Å². The van der Waals surface area contributed by atoms with Crippen LogP contribution in [-0.2, 0) is 0 Å². The Morgan fingerprint density at radius 3 is 2.73 bits per heavy atom. The minimum atomic E-state index is 0.663. The molecule has 1 heterocycles. The lowest BCUT2D eigenvalue weighted by Crippen LogP contribution is -2.14. The van der Waals surface area contributed by atoms with Crippen LogP contribution in [0.15, 0.2) is 6.07 Å². The first kappa shape index (κ1) is 12.3. The molecule has 0 aliphatic rings. The molecule has 0 aliphatic carbocycles. The summed E-state index contributed by atoms with van der Waals surface area (Å²) in [5.41, 5.74) is 1.02. The number of aryl methyl sites for hydroxylation is 2. The first-order valence-electron chi connectivity index (χ1n) is 5.17. The van der Waals surface area contributed by atoms with Gasteiger partial charge in [0, 0.05) is 18.3 Å². The van der Waals surface area contributed by atoms with Crippen LogP contribution in [0.2, 0.25) is 0 Å². The minimum absolute atomic E-state index is 0.663. The van der Waals surface area contributed by atoms with Crippen molar-refractivity contribution in [1.82, 2.24) is 9.97 Å². The SMILES string of the molecule is CSCC(C)CNc1cc(C)nc(C)n1. The van der Waals surface area contributed by atoms with Gasteiger partial charge in [0.25, 0.3) is 0 Å². The van der Waals surface area contributed by atoms with Crippen LogP contribution < -0.4 is 5.32 Å². The van der Waals surface area contributed by atoms with Gasteiger partial charge in [-0.1, -0.05) is 6.92 Å². The minimum Gasteiger partial charge on any atom is -0.370 e. The molecule has 0 saturated heterocycles. The fourth-order valence-corrected chi connectivity index (χ4v) is 2.12. The first-order valence-corrected chi connectivity index (χ1v) is 6.56. The summed E-state index contributed by atoms with van der Waals surface area (Å²) in [4.78, 5) is 8.58. The molecule has 4 heteroatoms. The van der Waals surface area contributed by atoms with Gasteiger partial charge in [0.1, 0.15) is 11.6 Å². The maximum atomic E-state index is 4.34. The van der Waals surface area contributed by atoms with Gasteiger partial charge < -0.3 is 5.32 Å². The van der Waals surface area contributed by atoms with E-state index in [1.807, 2.05) is 31.7 Å². The van der Waals surface area contributed by atoms with E-state index in [9.17, 15) is 0 Å². The number of nitrogens with one attached hydrogen (secondary N) is 1. The zero-order chi connectivity index (χ0) is 11.3. The Labute approximate surface area is 96.1 Å². The summed E-state index contributed by atoms with van der Waals surface area (Å²) in [7, 11) is 0. The van der Waals surface area contributed by atoms with E-state index in [1.165, 1.54) is 5.75 Å². The molecule has 3 nitrogen and oxygen atoms in total. The van der Waals surface area contributed by atoms with Gasteiger partial charge in [-0.05, 0) is 31.8 Å². The molecular weight excluding hydrogens is 206 g/mol. The van der Waals surface area contributed by atoms with Gasteiger partial charge >= 0.3 is 0 Å². The van der Waals surface area contributed by atoms with Crippen molar-refractivity contribution in [3.05, 3.63) is 17.6 Å². The first-order chi connectivity index (χ1) is 7.11. The van der Waals surface area contributed by atoms with Crippen molar-refractivity contribution < 1.29 is 0 Å². The van der Waals surface area contributed by atoms with E-state index in [0.29, 0.717) is 5.92 Å². The average Bonchev–Trinajstić information content (AvgIpc) is 2.14. The number of anilines is 1. The second kappa shape index (κ2) is 5.95. The average molecular weight is 225 g/mol. The molecular formula is C11H19N3S. The van der Waals surface area contributed by atoms with Gasteiger partial charge in [-0.2, -0.15) is 11.8 Å². The fraction of sp³-hybridized carbons (Fsp3) is 0.636. The maximum absolute atomic E-state index is 4.34. The normalized spacial score (nSPS) is 12.5. The second-order valence-electron chi connectivity index (χ2n) is 3.88. The lowest BCUT2D eigenvalue weighted by molar-refractivity contribution is 0.698. The summed E-state index contributed by atoms with van der Waals surface area (Å²) >= 11 is 1.88. The van der Waals surface area contributed by atoms with E-state index in [1.54, 1.807) is 0 Å². The van der Waals surface area contributed by atoms with E-state index >= 15 is 0 Å². The van der Waals surface area contributed by atoms with Gasteiger partial charge in [0.2, 0.25) is 0 Å². The van der Waals surface area contributed by atoms with Crippen molar-refractivity contribution in [2.45, 2.75) is 20.8 Å². The Hall–Kier alpha value is -0.770. The van der Waals surface area contributed by atoms with Crippen LogP contribution in [0.4, 0.5) is 5.82 Å². The van der Waals surface area contributed by atoms with Gasteiger partial charge in [-0.15, -0.1) is 0 Å². The van der Waals surface area contributed by atoms with Crippen LogP contribution in [0, 0.1) is 19.8 Å². The number of nitrogens with zero attached hydrogens (tertiary/aromatic N) is 2. The fourth-order valence-electron chi connectivity index (χ4n) is 1.43. The molecule has 0 radical (unpaired) electrons. The zero-order valence-electron chi connectivity index (χ0n) is 9.87. The topological polar surface area (TPSA) is 37.8 Å². The Bertz CT molecular complexity index is 294. The highest BCUT2D eigenvalue weighted by Gasteiger charge is 2.02. The lowest BCUT2D eigenvalue weighted by Gasteiger charge is -2.12. The van der Waals surface area contributed by atoms with Crippen molar-refractivity contribution in [3.8, 4) is 0 Å². The molecule has 1 aromatic rings. The van der Waals surface area contributed by atoms with Crippen molar-refractivity contribution in [2.75, 3.05) is 23.9 Å². The summed E-state index contributed by atoms with van der Waals surface area (Å²) in [5, 5.41) is 3.35. The molecule has 84 valence electrons. The van der Waals surface area contributed by atoms with Crippen LogP contribution >= 0.6 is 11.8 Å². The predicted octanol–water partition coefficient (Wildman–Crippen LogP) is 2.50. The van der Waals surface area contributed by atoms with Crippen LogP contribution in [0.5, 0.6) is 0 Å². The number of hydrogen-bond acceptors (Lipinski definition) is 4. The third kappa shape index (κ3) is 4.51. The molecule has 0 amide bonds. The largest absolute Gasteiger partial charge is 0.370 e. The van der Waals surface area contributed by atoms with Crippen molar-refractivity contribution in [1.29, 1.82) is 0 Å². The van der Waals surface area contributed by atoms with Gasteiger partial charge in [-0.3, -0.25) is 0 Å². The van der Waals surface area contributed by atoms with Gasteiger partial charge in [-0.25, -0.2) is 9.97 Å². The maximum Gasteiger partial charge on any atom is 0.129 e. The Morgan fingerprint density at radius 2 is 2.13 bits per heavy atom. The van der Waals surface area contributed by atoms with Gasteiger partial charge in [0.05, 0.1) is 0 Å².